The molecule has 0 aromatic carbocycles. The molecule has 1 aliphatic rings. The van der Waals surface area contributed by atoms with Crippen molar-refractivity contribution in [2.24, 2.45) is 0 Å². The summed E-state index contributed by atoms with van der Waals surface area (Å²) in [5.41, 5.74) is 0.824. The third kappa shape index (κ3) is 6.23. The molecule has 0 saturated heterocycles. The van der Waals surface area contributed by atoms with E-state index in [0.29, 0.717) is 12.8 Å². The Morgan fingerprint density at radius 1 is 1.15 bits per heavy atom. The van der Waals surface area contributed by atoms with E-state index in [1.807, 2.05) is 0 Å². The number of hydrogen-bond acceptors (Lipinski definition) is 4. The topological polar surface area (TPSA) is 84.9 Å². The van der Waals surface area contributed by atoms with Gasteiger partial charge in [0.25, 0.3) is 0 Å². The van der Waals surface area contributed by atoms with Crippen molar-refractivity contribution in [2.45, 2.75) is 76.9 Å². The number of hydroxylamine groups is 1. The number of carbonyl (C=O) groups excluding carboxylic acids is 1. The normalized spacial score (nSPS) is 18.9. The Balaban J connectivity index is 2.60. The molecular formula is C14H25NO5. The molecule has 1 amide bonds. The smallest absolute Gasteiger partial charge is 0.431 e. The van der Waals surface area contributed by atoms with Crippen molar-refractivity contribution in [2.75, 3.05) is 0 Å². The Kier molecular flexibility index (Phi) is 5.80. The van der Waals surface area contributed by atoms with E-state index in [2.05, 4.69) is 5.48 Å². The summed E-state index contributed by atoms with van der Waals surface area (Å²) in [6, 6.07) is 0. The van der Waals surface area contributed by atoms with Crippen LogP contribution >= 0.6 is 0 Å². The molecule has 1 fully saturated rings. The fraction of sp³-hybridized carbons (Fsp3) is 0.857. The third-order valence-corrected chi connectivity index (χ3v) is 3.24. The number of ether oxygens (including phenoxy) is 1. The van der Waals surface area contributed by atoms with Crippen LogP contribution in [-0.4, -0.2) is 28.4 Å². The van der Waals surface area contributed by atoms with Crippen LogP contribution in [0.4, 0.5) is 4.79 Å². The van der Waals surface area contributed by atoms with Crippen LogP contribution in [0.5, 0.6) is 0 Å². The second-order valence-electron chi connectivity index (χ2n) is 6.37. The number of aliphatic carboxylic acids is 1. The van der Waals surface area contributed by atoms with Crippen LogP contribution in [0.2, 0.25) is 0 Å². The largest absolute Gasteiger partial charge is 0.481 e. The van der Waals surface area contributed by atoms with E-state index in [1.165, 1.54) is 0 Å². The van der Waals surface area contributed by atoms with E-state index in [0.717, 1.165) is 25.7 Å². The standard InChI is InChI=1S/C14H25NO5/c1-13(2,3)19-12(18)15-20-14(10-11(16)17)8-6-4-5-7-9-14/h4-10H2,1-3H3,(H,15,18)(H,16,17). The van der Waals surface area contributed by atoms with Crippen LogP contribution < -0.4 is 5.48 Å². The SMILES string of the molecule is CC(C)(C)OC(=O)NOC1(CC(=O)O)CCCCCC1. The number of rotatable bonds is 4. The fourth-order valence-corrected chi connectivity index (χ4v) is 2.41. The first kappa shape index (κ1) is 16.8. The molecule has 0 aromatic rings. The number of carbonyl (C=O) groups is 2. The Morgan fingerprint density at radius 2 is 1.70 bits per heavy atom. The van der Waals surface area contributed by atoms with E-state index < -0.39 is 23.3 Å². The lowest BCUT2D eigenvalue weighted by molar-refractivity contribution is -0.155. The molecule has 0 spiro atoms. The number of carboxylic acids is 1. The highest BCUT2D eigenvalue weighted by Gasteiger charge is 2.36. The fourth-order valence-electron chi connectivity index (χ4n) is 2.41. The summed E-state index contributed by atoms with van der Waals surface area (Å²) in [6.45, 7) is 5.27. The van der Waals surface area contributed by atoms with Crippen molar-refractivity contribution in [3.63, 3.8) is 0 Å². The number of amides is 1. The third-order valence-electron chi connectivity index (χ3n) is 3.24. The van der Waals surface area contributed by atoms with E-state index in [9.17, 15) is 9.59 Å². The number of nitrogens with one attached hydrogen (secondary N) is 1. The van der Waals surface area contributed by atoms with Gasteiger partial charge in [-0.05, 0) is 33.6 Å². The molecule has 0 bridgehead atoms. The maximum Gasteiger partial charge on any atom is 0.431 e. The van der Waals surface area contributed by atoms with Crippen LogP contribution in [0.25, 0.3) is 0 Å². The van der Waals surface area contributed by atoms with Crippen LogP contribution in [0.15, 0.2) is 0 Å². The molecule has 0 heterocycles. The van der Waals surface area contributed by atoms with Crippen LogP contribution in [0.1, 0.15) is 65.7 Å². The van der Waals surface area contributed by atoms with E-state index in [4.69, 9.17) is 14.7 Å². The van der Waals surface area contributed by atoms with Crippen LogP contribution in [0.3, 0.4) is 0 Å². The average molecular weight is 287 g/mol. The summed E-state index contributed by atoms with van der Waals surface area (Å²) in [6.07, 6.45) is 4.42. The Hall–Kier alpha value is -1.30. The highest BCUT2D eigenvalue weighted by atomic mass is 16.7. The van der Waals surface area contributed by atoms with E-state index >= 15 is 0 Å². The molecule has 1 aliphatic carbocycles. The second-order valence-corrected chi connectivity index (χ2v) is 6.37. The van der Waals surface area contributed by atoms with E-state index in [1.54, 1.807) is 20.8 Å². The van der Waals surface area contributed by atoms with Gasteiger partial charge >= 0.3 is 12.1 Å². The van der Waals surface area contributed by atoms with Gasteiger partial charge in [0, 0.05) is 0 Å². The van der Waals surface area contributed by atoms with Crippen molar-refractivity contribution in [3.05, 3.63) is 0 Å². The van der Waals surface area contributed by atoms with Gasteiger partial charge in [0.1, 0.15) is 11.2 Å². The summed E-state index contributed by atoms with van der Waals surface area (Å²) in [5.74, 6) is -0.919. The maximum atomic E-state index is 11.6. The van der Waals surface area contributed by atoms with Crippen molar-refractivity contribution in [3.8, 4) is 0 Å². The lowest BCUT2D eigenvalue weighted by Gasteiger charge is -2.31. The van der Waals surface area contributed by atoms with Gasteiger partial charge in [-0.2, -0.15) is 5.48 Å². The van der Waals surface area contributed by atoms with Gasteiger partial charge in [0.2, 0.25) is 0 Å². The molecule has 0 aromatic heterocycles. The van der Waals surface area contributed by atoms with Gasteiger partial charge in [-0.1, -0.05) is 25.7 Å². The van der Waals surface area contributed by atoms with Crippen LogP contribution in [-0.2, 0) is 14.4 Å². The zero-order valence-corrected chi connectivity index (χ0v) is 12.5. The molecule has 6 nitrogen and oxygen atoms in total. The van der Waals surface area contributed by atoms with E-state index in [-0.39, 0.29) is 6.42 Å². The lowest BCUT2D eigenvalue weighted by Crippen LogP contribution is -2.43. The Labute approximate surface area is 119 Å². The van der Waals surface area contributed by atoms with Crippen molar-refractivity contribution in [1.29, 1.82) is 0 Å². The molecule has 20 heavy (non-hydrogen) atoms. The van der Waals surface area contributed by atoms with Gasteiger partial charge in [0.05, 0.1) is 6.42 Å². The molecule has 1 saturated carbocycles. The highest BCUT2D eigenvalue weighted by Crippen LogP contribution is 2.32. The molecule has 116 valence electrons. The molecule has 0 atom stereocenters. The summed E-state index contributed by atoms with van der Waals surface area (Å²) in [5, 5.41) is 9.05. The Morgan fingerprint density at radius 3 is 2.15 bits per heavy atom. The predicted octanol–water partition coefficient (Wildman–Crippen LogP) is 3.01. The molecule has 0 aliphatic heterocycles. The predicted molar refractivity (Wildman–Crippen MR) is 73.1 cm³/mol. The molecule has 2 N–H and O–H groups in total. The monoisotopic (exact) mass is 287 g/mol. The summed E-state index contributed by atoms with van der Waals surface area (Å²) < 4.78 is 5.09. The molecule has 0 radical (unpaired) electrons. The number of hydrogen-bond donors (Lipinski definition) is 2. The first-order valence-electron chi connectivity index (χ1n) is 7.11. The van der Waals surface area contributed by atoms with Crippen LogP contribution in [0, 0.1) is 0 Å². The summed E-state index contributed by atoms with van der Waals surface area (Å²) >= 11 is 0. The molecule has 1 rings (SSSR count). The minimum absolute atomic E-state index is 0.108. The van der Waals surface area contributed by atoms with Gasteiger partial charge in [-0.15, -0.1) is 0 Å². The van der Waals surface area contributed by atoms with Gasteiger partial charge < -0.3 is 9.84 Å². The summed E-state index contributed by atoms with van der Waals surface area (Å²) in [4.78, 5) is 28.1. The Bertz CT molecular complexity index is 340. The highest BCUT2D eigenvalue weighted by molar-refractivity contribution is 5.68. The quantitative estimate of drug-likeness (QED) is 0.613. The van der Waals surface area contributed by atoms with Crippen molar-refractivity contribution in [1.82, 2.24) is 5.48 Å². The molecule has 6 heteroatoms. The zero-order chi connectivity index (χ0) is 15.2. The maximum absolute atomic E-state index is 11.6. The van der Waals surface area contributed by atoms with Gasteiger partial charge in [-0.3, -0.25) is 9.63 Å². The first-order valence-corrected chi connectivity index (χ1v) is 7.11. The molecular weight excluding hydrogens is 262 g/mol. The summed E-state index contributed by atoms with van der Waals surface area (Å²) in [7, 11) is 0. The number of carboxylic acid groups (broad SMARTS) is 1. The van der Waals surface area contributed by atoms with Crippen molar-refractivity contribution < 1.29 is 24.3 Å². The minimum atomic E-state index is -0.919. The minimum Gasteiger partial charge on any atom is -0.481 e. The lowest BCUT2D eigenvalue weighted by atomic mass is 9.91. The van der Waals surface area contributed by atoms with Gasteiger partial charge in [-0.25, -0.2) is 4.79 Å². The second kappa shape index (κ2) is 6.92. The zero-order valence-electron chi connectivity index (χ0n) is 12.5. The first-order chi connectivity index (χ1) is 9.22. The average Bonchev–Trinajstić information content (AvgIpc) is 2.50. The van der Waals surface area contributed by atoms with Gasteiger partial charge in [0.15, 0.2) is 0 Å². The molecule has 0 unspecified atom stereocenters. The van der Waals surface area contributed by atoms with Crippen molar-refractivity contribution >= 4 is 12.1 Å².